The maximum atomic E-state index is 10.6. The van der Waals surface area contributed by atoms with Gasteiger partial charge in [-0.3, -0.25) is 20.2 Å². The molecule has 1 rings (SSSR count). The van der Waals surface area contributed by atoms with Gasteiger partial charge in [0.25, 0.3) is 11.4 Å². The van der Waals surface area contributed by atoms with Crippen LogP contribution in [0, 0.1) is 27.2 Å². The first-order chi connectivity index (χ1) is 6.97. The second-order valence-corrected chi connectivity index (χ2v) is 3.13. The summed E-state index contributed by atoms with van der Waals surface area (Å²) in [5.74, 6) is 0. The van der Waals surface area contributed by atoms with Crippen molar-refractivity contribution in [3.63, 3.8) is 0 Å². The van der Waals surface area contributed by atoms with Crippen LogP contribution in [0.25, 0.3) is 0 Å². The van der Waals surface area contributed by atoms with Gasteiger partial charge in [-0.05, 0) is 18.9 Å². The number of hydrogen-bond donors (Lipinski definition) is 0. The Morgan fingerprint density at radius 2 is 1.53 bits per heavy atom. The van der Waals surface area contributed by atoms with Gasteiger partial charge in [0, 0.05) is 12.1 Å². The van der Waals surface area contributed by atoms with Crippen molar-refractivity contribution in [2.75, 3.05) is 0 Å². The zero-order chi connectivity index (χ0) is 11.6. The molecule has 0 N–H and O–H groups in total. The summed E-state index contributed by atoms with van der Waals surface area (Å²) < 4.78 is 0. The van der Waals surface area contributed by atoms with Crippen LogP contribution in [-0.2, 0) is 6.42 Å². The zero-order valence-corrected chi connectivity index (χ0v) is 8.39. The molecule has 0 spiro atoms. The monoisotopic (exact) mass is 210 g/mol. The molecule has 0 radical (unpaired) electrons. The van der Waals surface area contributed by atoms with Gasteiger partial charge in [0.15, 0.2) is 0 Å². The summed E-state index contributed by atoms with van der Waals surface area (Å²) in [5, 5.41) is 21.3. The average Bonchev–Trinajstić information content (AvgIpc) is 2.17. The minimum atomic E-state index is -0.596. The first-order valence-corrected chi connectivity index (χ1v) is 4.39. The molecule has 6 nitrogen and oxygen atoms in total. The maximum Gasteiger partial charge on any atom is 0.279 e. The summed E-state index contributed by atoms with van der Waals surface area (Å²) in [4.78, 5) is 20.1. The molecule has 6 heteroatoms. The normalized spacial score (nSPS) is 10.0. The molecule has 0 aliphatic rings. The first-order valence-electron chi connectivity index (χ1n) is 4.39. The van der Waals surface area contributed by atoms with E-state index in [0.29, 0.717) is 12.0 Å². The van der Waals surface area contributed by atoms with Crippen LogP contribution in [-0.4, -0.2) is 9.85 Å². The van der Waals surface area contributed by atoms with Crippen molar-refractivity contribution in [3.05, 3.63) is 43.5 Å². The fraction of sp³-hybridized carbons (Fsp3) is 0.333. The molecule has 0 aliphatic heterocycles. The van der Waals surface area contributed by atoms with E-state index in [0.717, 1.165) is 0 Å². The molecule has 0 atom stereocenters. The van der Waals surface area contributed by atoms with E-state index in [1.54, 1.807) is 6.92 Å². The van der Waals surface area contributed by atoms with Crippen LogP contribution in [0.5, 0.6) is 0 Å². The van der Waals surface area contributed by atoms with E-state index in [1.165, 1.54) is 19.1 Å². The topological polar surface area (TPSA) is 86.3 Å². The van der Waals surface area contributed by atoms with Crippen molar-refractivity contribution in [2.24, 2.45) is 0 Å². The van der Waals surface area contributed by atoms with Crippen LogP contribution in [0.2, 0.25) is 0 Å². The number of hydrogen-bond acceptors (Lipinski definition) is 4. The zero-order valence-electron chi connectivity index (χ0n) is 8.39. The number of nitrogens with zero attached hydrogens (tertiary/aromatic N) is 2. The Hall–Kier alpha value is -1.98. The Labute approximate surface area is 85.8 Å². The van der Waals surface area contributed by atoms with Gasteiger partial charge >= 0.3 is 0 Å². The summed E-state index contributed by atoms with van der Waals surface area (Å²) in [6.45, 7) is 3.17. The maximum absolute atomic E-state index is 10.6. The van der Waals surface area contributed by atoms with Crippen molar-refractivity contribution in [1.82, 2.24) is 0 Å². The molecule has 1 aromatic carbocycles. The standard InChI is InChI=1S/C9H10N2O4/c1-3-7-4-8(10(12)13)6(2)9(5-7)11(14)15/h4-5H,3H2,1-2H3. The lowest BCUT2D eigenvalue weighted by molar-refractivity contribution is -0.395. The molecule has 15 heavy (non-hydrogen) atoms. The molecule has 0 saturated carbocycles. The minimum absolute atomic E-state index is 0.0993. The molecule has 0 saturated heterocycles. The number of rotatable bonds is 3. The van der Waals surface area contributed by atoms with E-state index in [1.807, 2.05) is 0 Å². The number of nitro groups is 2. The highest BCUT2D eigenvalue weighted by Crippen LogP contribution is 2.29. The molecular weight excluding hydrogens is 200 g/mol. The Morgan fingerprint density at radius 1 is 1.13 bits per heavy atom. The highest BCUT2D eigenvalue weighted by atomic mass is 16.6. The summed E-state index contributed by atoms with van der Waals surface area (Å²) in [5.41, 5.74) is 0.309. The largest absolute Gasteiger partial charge is 0.279 e. The van der Waals surface area contributed by atoms with Gasteiger partial charge in [0.05, 0.1) is 9.85 Å². The van der Waals surface area contributed by atoms with E-state index in [4.69, 9.17) is 0 Å². The Bertz CT molecular complexity index is 393. The summed E-state index contributed by atoms with van der Waals surface area (Å²) in [6, 6.07) is 2.75. The lowest BCUT2D eigenvalue weighted by Gasteiger charge is -2.02. The van der Waals surface area contributed by atoms with Crippen LogP contribution in [0.15, 0.2) is 12.1 Å². The lowest BCUT2D eigenvalue weighted by Crippen LogP contribution is -1.99. The number of aryl methyl sites for hydroxylation is 1. The SMILES string of the molecule is CCc1cc([N+](=O)[O-])c(C)c([N+](=O)[O-])c1. The predicted molar refractivity (Wildman–Crippen MR) is 53.9 cm³/mol. The van der Waals surface area contributed by atoms with Crippen molar-refractivity contribution in [2.45, 2.75) is 20.3 Å². The fourth-order valence-electron chi connectivity index (χ4n) is 1.32. The van der Waals surface area contributed by atoms with E-state index in [-0.39, 0.29) is 16.9 Å². The van der Waals surface area contributed by atoms with E-state index in [2.05, 4.69) is 0 Å². The van der Waals surface area contributed by atoms with Gasteiger partial charge in [0.1, 0.15) is 5.56 Å². The second kappa shape index (κ2) is 4.04. The highest BCUT2D eigenvalue weighted by molar-refractivity contribution is 5.55. The van der Waals surface area contributed by atoms with Gasteiger partial charge in [-0.15, -0.1) is 0 Å². The molecule has 0 bridgehead atoms. The quantitative estimate of drug-likeness (QED) is 0.566. The molecule has 0 amide bonds. The van der Waals surface area contributed by atoms with Crippen LogP contribution in [0.3, 0.4) is 0 Å². The predicted octanol–water partition coefficient (Wildman–Crippen LogP) is 2.37. The van der Waals surface area contributed by atoms with Crippen molar-refractivity contribution >= 4 is 11.4 Å². The molecule has 0 heterocycles. The number of benzene rings is 1. The summed E-state index contributed by atoms with van der Waals surface area (Å²) >= 11 is 0. The van der Waals surface area contributed by atoms with E-state index < -0.39 is 9.85 Å². The molecular formula is C9H10N2O4. The summed E-state index contributed by atoms with van der Waals surface area (Å²) in [7, 11) is 0. The van der Waals surface area contributed by atoms with Gasteiger partial charge in [-0.1, -0.05) is 6.92 Å². The van der Waals surface area contributed by atoms with Crippen molar-refractivity contribution in [1.29, 1.82) is 0 Å². The van der Waals surface area contributed by atoms with Crippen LogP contribution in [0.1, 0.15) is 18.1 Å². The first kappa shape index (κ1) is 11.1. The van der Waals surface area contributed by atoms with Gasteiger partial charge < -0.3 is 0 Å². The average molecular weight is 210 g/mol. The van der Waals surface area contributed by atoms with Gasteiger partial charge in [-0.25, -0.2) is 0 Å². The highest BCUT2D eigenvalue weighted by Gasteiger charge is 2.22. The molecule has 1 aromatic rings. The van der Waals surface area contributed by atoms with Crippen LogP contribution >= 0.6 is 0 Å². The van der Waals surface area contributed by atoms with E-state index in [9.17, 15) is 20.2 Å². The Morgan fingerprint density at radius 3 is 1.80 bits per heavy atom. The minimum Gasteiger partial charge on any atom is -0.258 e. The molecule has 0 fully saturated rings. The van der Waals surface area contributed by atoms with Crippen molar-refractivity contribution in [3.8, 4) is 0 Å². The molecule has 0 aliphatic carbocycles. The molecule has 80 valence electrons. The molecule has 0 aromatic heterocycles. The lowest BCUT2D eigenvalue weighted by atomic mass is 10.1. The number of nitro benzene ring substituents is 2. The second-order valence-electron chi connectivity index (χ2n) is 3.13. The third kappa shape index (κ3) is 2.09. The van der Waals surface area contributed by atoms with Crippen LogP contribution < -0.4 is 0 Å². The smallest absolute Gasteiger partial charge is 0.258 e. The van der Waals surface area contributed by atoms with Crippen molar-refractivity contribution < 1.29 is 9.85 Å². The third-order valence-corrected chi connectivity index (χ3v) is 2.21. The molecule has 0 unspecified atom stereocenters. The van der Waals surface area contributed by atoms with E-state index >= 15 is 0 Å². The fourth-order valence-corrected chi connectivity index (χ4v) is 1.32. The summed E-state index contributed by atoms with van der Waals surface area (Å²) in [6.07, 6.45) is 0.530. The Balaban J connectivity index is 3.47. The van der Waals surface area contributed by atoms with Gasteiger partial charge in [0.2, 0.25) is 0 Å². The van der Waals surface area contributed by atoms with Gasteiger partial charge in [-0.2, -0.15) is 0 Å². The third-order valence-electron chi connectivity index (χ3n) is 2.21. The van der Waals surface area contributed by atoms with Crippen LogP contribution in [0.4, 0.5) is 11.4 Å². The Kier molecular flexibility index (Phi) is 2.99.